The van der Waals surface area contributed by atoms with Gasteiger partial charge in [-0.3, -0.25) is 14.4 Å². The van der Waals surface area contributed by atoms with Crippen molar-refractivity contribution in [1.29, 1.82) is 0 Å². The van der Waals surface area contributed by atoms with Gasteiger partial charge in [0.25, 0.3) is 5.91 Å². The van der Waals surface area contributed by atoms with Crippen LogP contribution < -0.4 is 5.32 Å². The van der Waals surface area contributed by atoms with Gasteiger partial charge in [-0.15, -0.1) is 0 Å². The lowest BCUT2D eigenvalue weighted by Gasteiger charge is -2.38. The zero-order valence-electron chi connectivity index (χ0n) is 32.4. The highest BCUT2D eigenvalue weighted by Gasteiger charge is 2.40. The van der Waals surface area contributed by atoms with Crippen LogP contribution in [0.4, 0.5) is 5.69 Å². The molecule has 278 valence electrons. The normalized spacial score (nSPS) is 19.8. The summed E-state index contributed by atoms with van der Waals surface area (Å²) in [6.45, 7) is 9.09. The molecule has 1 aliphatic heterocycles. The van der Waals surface area contributed by atoms with E-state index in [1.165, 1.54) is 61.6 Å². The largest absolute Gasteiger partial charge is 0.344 e. The number of aromatic nitrogens is 1. The quantitative estimate of drug-likeness (QED) is 0.202. The molecule has 1 aliphatic carbocycles. The Hall–Kier alpha value is -4.19. The van der Waals surface area contributed by atoms with Gasteiger partial charge >= 0.3 is 0 Å². The molecule has 1 fully saturated rings. The number of nitrogens with one attached hydrogen (secondary N) is 1. The Bertz CT molecular complexity index is 1770. The fourth-order valence-corrected chi connectivity index (χ4v) is 8.09. The second-order valence-corrected chi connectivity index (χ2v) is 15.3. The number of fused-ring (bicyclic) bond motifs is 3. The molecule has 2 aliphatic rings. The van der Waals surface area contributed by atoms with Crippen molar-refractivity contribution in [1.82, 2.24) is 9.47 Å². The van der Waals surface area contributed by atoms with Crippen molar-refractivity contribution in [3.63, 3.8) is 0 Å². The van der Waals surface area contributed by atoms with E-state index in [1.54, 1.807) is 24.1 Å². The number of benzene rings is 2. The molecule has 1 aromatic heterocycles. The van der Waals surface area contributed by atoms with Gasteiger partial charge in [-0.1, -0.05) is 114 Å². The molecule has 6 heteroatoms. The van der Waals surface area contributed by atoms with Gasteiger partial charge in [0.05, 0.1) is 0 Å². The van der Waals surface area contributed by atoms with Crippen LogP contribution in [0.3, 0.4) is 0 Å². The number of anilines is 1. The van der Waals surface area contributed by atoms with Crippen molar-refractivity contribution in [3.05, 3.63) is 95.2 Å². The lowest BCUT2D eigenvalue weighted by molar-refractivity contribution is -0.125. The summed E-state index contributed by atoms with van der Waals surface area (Å²) >= 11 is 0. The van der Waals surface area contributed by atoms with E-state index in [2.05, 4.69) is 60.2 Å². The van der Waals surface area contributed by atoms with Crippen LogP contribution in [0.15, 0.2) is 72.8 Å². The fraction of sp³-hybridized carbons (Fsp3) is 0.500. The molecule has 2 atom stereocenters. The number of unbranched alkanes of at least 4 members (excludes halogenated alkanes) is 1. The van der Waals surface area contributed by atoms with E-state index in [9.17, 15) is 14.4 Å². The maximum Gasteiger partial charge on any atom is 0.254 e. The van der Waals surface area contributed by atoms with Gasteiger partial charge in [-0.2, -0.15) is 0 Å². The van der Waals surface area contributed by atoms with Crippen LogP contribution in [0.1, 0.15) is 157 Å². The number of rotatable bonds is 11. The van der Waals surface area contributed by atoms with E-state index in [0.717, 1.165) is 49.7 Å². The molecule has 0 radical (unpaired) electrons. The molecule has 2 heterocycles. The maximum absolute atomic E-state index is 14.5. The molecule has 1 N–H and O–H groups in total. The molecule has 0 spiro atoms. The highest BCUT2D eigenvalue weighted by molar-refractivity contribution is 6.05. The predicted octanol–water partition coefficient (Wildman–Crippen LogP) is 11.5. The van der Waals surface area contributed by atoms with Crippen LogP contribution in [-0.2, 0) is 16.1 Å². The Morgan fingerprint density at radius 3 is 2.38 bits per heavy atom. The molecule has 52 heavy (non-hydrogen) atoms. The number of hydrogen-bond donors (Lipinski definition) is 1. The van der Waals surface area contributed by atoms with Gasteiger partial charge in [0.15, 0.2) is 5.78 Å². The van der Waals surface area contributed by atoms with Crippen LogP contribution in [0, 0.1) is 0 Å². The van der Waals surface area contributed by atoms with E-state index in [0.29, 0.717) is 30.0 Å². The smallest absolute Gasteiger partial charge is 0.254 e. The van der Waals surface area contributed by atoms with Crippen molar-refractivity contribution in [3.8, 4) is 0 Å². The molecular weight excluding hydrogens is 643 g/mol. The number of carbonyl (C=O) groups is 3. The van der Waals surface area contributed by atoms with Crippen molar-refractivity contribution < 1.29 is 14.4 Å². The molecule has 0 bridgehead atoms. The number of carbonyl (C=O) groups excluding carboxylic acids is 3. The van der Waals surface area contributed by atoms with E-state index in [1.807, 2.05) is 44.2 Å². The van der Waals surface area contributed by atoms with Gasteiger partial charge in [0.2, 0.25) is 5.91 Å². The predicted molar refractivity (Wildman–Crippen MR) is 217 cm³/mol. The average Bonchev–Trinajstić information content (AvgIpc) is 3.44. The van der Waals surface area contributed by atoms with Crippen LogP contribution in [0.2, 0.25) is 0 Å². The third-order valence-corrected chi connectivity index (χ3v) is 11.5. The van der Waals surface area contributed by atoms with Crippen LogP contribution in [0.25, 0.3) is 17.0 Å². The Morgan fingerprint density at radius 1 is 0.942 bits per heavy atom. The molecule has 0 saturated heterocycles. The summed E-state index contributed by atoms with van der Waals surface area (Å²) in [6.07, 6.45) is 27.3. The molecular formula is C46H61N3O3. The maximum atomic E-state index is 14.5. The molecule has 2 unspecified atom stereocenters. The van der Waals surface area contributed by atoms with Gasteiger partial charge in [0, 0.05) is 53.8 Å². The van der Waals surface area contributed by atoms with E-state index >= 15 is 0 Å². The van der Waals surface area contributed by atoms with Gasteiger partial charge in [-0.05, 0) is 92.8 Å². The monoisotopic (exact) mass is 703 g/mol. The first-order chi connectivity index (χ1) is 25.2. The van der Waals surface area contributed by atoms with E-state index in [-0.39, 0.29) is 23.5 Å². The minimum Gasteiger partial charge on any atom is -0.344 e. The second-order valence-electron chi connectivity index (χ2n) is 15.3. The number of nitrogens with zero attached hydrogens (tertiary/aromatic N) is 2. The Balaban J connectivity index is 1.50. The second kappa shape index (κ2) is 18.5. The summed E-state index contributed by atoms with van der Waals surface area (Å²) in [7, 11) is 1.78. The lowest BCUT2D eigenvalue weighted by atomic mass is 9.82. The first kappa shape index (κ1) is 39.0. The fourth-order valence-electron chi connectivity index (χ4n) is 8.09. The zero-order valence-corrected chi connectivity index (χ0v) is 32.4. The molecule has 1 saturated carbocycles. The van der Waals surface area contributed by atoms with Crippen molar-refractivity contribution in [2.24, 2.45) is 0 Å². The standard InChI is InChI=1S/C46H61N3O3/c1-6-8-31-46(4,45(52)47-38-27-23-35(24-28-38)25-29-39(50)7-2)48(5)44(51)37-26-30-40-41(33-37)49-32-19-15-10-9-12-16-20-34(3)43(49)42(40)36-21-17-13-11-14-18-22-36/h9,12,16,20,23-30,33-34,36H,6-8,10-11,13-15,17-19,21-22,31-32H2,1-5H3,(H,47,52)/b12-9-,20-16-,29-25+. The number of likely N-dealkylation sites (N-methyl/N-ethyl adjacent to an activating group) is 1. The highest BCUT2D eigenvalue weighted by Crippen LogP contribution is 2.43. The number of hydrogen-bond acceptors (Lipinski definition) is 3. The third-order valence-electron chi connectivity index (χ3n) is 11.5. The summed E-state index contributed by atoms with van der Waals surface area (Å²) in [5.41, 5.74) is 5.15. The van der Waals surface area contributed by atoms with Gasteiger partial charge in [0.1, 0.15) is 5.54 Å². The minimum atomic E-state index is -1.06. The van der Waals surface area contributed by atoms with Gasteiger partial charge in [-0.25, -0.2) is 0 Å². The number of aryl methyl sites for hydroxylation is 1. The first-order valence-electron chi connectivity index (χ1n) is 20.1. The topological polar surface area (TPSA) is 71.4 Å². The van der Waals surface area contributed by atoms with Crippen molar-refractivity contribution in [2.75, 3.05) is 12.4 Å². The SMILES string of the molecule is CCCCC(C)(C(=O)Nc1ccc(/C=C/C(=O)CC)cc1)N(C)C(=O)c1ccc2c(C3CCCCCCC3)c3n(c2c1)CCCC/C=C\C=C/C3C. The zero-order chi connectivity index (χ0) is 37.1. The Labute approximate surface area is 312 Å². The molecule has 5 rings (SSSR count). The summed E-state index contributed by atoms with van der Waals surface area (Å²) < 4.78 is 2.54. The summed E-state index contributed by atoms with van der Waals surface area (Å²) in [5, 5.41) is 4.38. The summed E-state index contributed by atoms with van der Waals surface area (Å²) in [4.78, 5) is 42.0. The van der Waals surface area contributed by atoms with Gasteiger partial charge < -0.3 is 14.8 Å². The highest BCUT2D eigenvalue weighted by atomic mass is 16.2. The van der Waals surface area contributed by atoms with Crippen LogP contribution >= 0.6 is 0 Å². The number of amides is 2. The first-order valence-corrected chi connectivity index (χ1v) is 20.1. The average molecular weight is 704 g/mol. The van der Waals surface area contributed by atoms with E-state index in [4.69, 9.17) is 0 Å². The molecule has 3 aromatic rings. The number of allylic oxidation sites excluding steroid dienone is 5. The third kappa shape index (κ3) is 9.23. The Morgan fingerprint density at radius 2 is 1.67 bits per heavy atom. The van der Waals surface area contributed by atoms with Crippen molar-refractivity contribution in [2.45, 2.75) is 142 Å². The Kier molecular flexibility index (Phi) is 13.9. The van der Waals surface area contributed by atoms with Crippen LogP contribution in [0.5, 0.6) is 0 Å². The summed E-state index contributed by atoms with van der Waals surface area (Å²) in [5.74, 6) is 0.486. The van der Waals surface area contributed by atoms with Crippen molar-refractivity contribution >= 4 is 40.3 Å². The van der Waals surface area contributed by atoms with Crippen LogP contribution in [-0.4, -0.2) is 39.7 Å². The number of ketones is 1. The van der Waals surface area contributed by atoms with E-state index < -0.39 is 5.54 Å². The molecule has 2 amide bonds. The summed E-state index contributed by atoms with van der Waals surface area (Å²) in [6, 6.07) is 13.8. The minimum absolute atomic E-state index is 0.0692. The molecule has 6 nitrogen and oxygen atoms in total. The molecule has 2 aromatic carbocycles. The lowest BCUT2D eigenvalue weighted by Crippen LogP contribution is -2.55.